The molecule has 4 heteroatoms. The van der Waals surface area contributed by atoms with E-state index < -0.39 is 0 Å². The lowest BCUT2D eigenvalue weighted by Gasteiger charge is -2.37. The van der Waals surface area contributed by atoms with E-state index in [0.29, 0.717) is 6.42 Å². The highest BCUT2D eigenvalue weighted by atomic mass is 35.5. The predicted molar refractivity (Wildman–Crippen MR) is 102 cm³/mol. The first kappa shape index (κ1) is 19.3. The van der Waals surface area contributed by atoms with Crippen LogP contribution in [0.4, 0.5) is 0 Å². The SMILES string of the molecule is CC1(C)CCC(NC(=O)CCC2CCNCC2)c2ccccc21.Cl. The summed E-state index contributed by atoms with van der Waals surface area (Å²) in [6.45, 7) is 6.83. The molecule has 0 bridgehead atoms. The van der Waals surface area contributed by atoms with E-state index in [1.165, 1.54) is 24.0 Å². The van der Waals surface area contributed by atoms with Gasteiger partial charge in [0.1, 0.15) is 0 Å². The summed E-state index contributed by atoms with van der Waals surface area (Å²) >= 11 is 0. The minimum Gasteiger partial charge on any atom is -0.349 e. The van der Waals surface area contributed by atoms with Crippen molar-refractivity contribution in [2.75, 3.05) is 13.1 Å². The lowest BCUT2D eigenvalue weighted by Crippen LogP contribution is -2.36. The van der Waals surface area contributed by atoms with Gasteiger partial charge in [0.05, 0.1) is 6.04 Å². The van der Waals surface area contributed by atoms with Gasteiger partial charge in [0.25, 0.3) is 0 Å². The number of fused-ring (bicyclic) bond motifs is 1. The molecule has 1 aliphatic carbocycles. The number of amides is 1. The van der Waals surface area contributed by atoms with Gasteiger partial charge in [-0.2, -0.15) is 0 Å². The average molecular weight is 351 g/mol. The van der Waals surface area contributed by atoms with Gasteiger partial charge in [-0.1, -0.05) is 38.1 Å². The number of halogens is 1. The first-order valence-electron chi connectivity index (χ1n) is 9.16. The molecule has 1 aromatic carbocycles. The lowest BCUT2D eigenvalue weighted by molar-refractivity contribution is -0.122. The van der Waals surface area contributed by atoms with E-state index in [1.807, 2.05) is 0 Å². The molecule has 3 nitrogen and oxygen atoms in total. The van der Waals surface area contributed by atoms with Crippen LogP contribution in [0.2, 0.25) is 0 Å². The van der Waals surface area contributed by atoms with Crippen LogP contribution in [0.1, 0.15) is 69.5 Å². The first-order valence-corrected chi connectivity index (χ1v) is 9.16. The van der Waals surface area contributed by atoms with Crippen molar-refractivity contribution >= 4 is 18.3 Å². The van der Waals surface area contributed by atoms with E-state index >= 15 is 0 Å². The van der Waals surface area contributed by atoms with Crippen molar-refractivity contribution in [1.82, 2.24) is 10.6 Å². The molecule has 1 aliphatic heterocycles. The Kier molecular flexibility index (Phi) is 6.70. The fourth-order valence-corrected chi connectivity index (χ4v) is 4.13. The molecule has 0 aromatic heterocycles. The Balaban J connectivity index is 0.00000208. The van der Waals surface area contributed by atoms with Gasteiger partial charge in [0.15, 0.2) is 0 Å². The number of carbonyl (C=O) groups is 1. The molecule has 1 unspecified atom stereocenters. The quantitative estimate of drug-likeness (QED) is 0.857. The Morgan fingerprint density at radius 3 is 2.67 bits per heavy atom. The minimum atomic E-state index is 0. The van der Waals surface area contributed by atoms with Crippen LogP contribution in [0.5, 0.6) is 0 Å². The highest BCUT2D eigenvalue weighted by Gasteiger charge is 2.32. The van der Waals surface area contributed by atoms with E-state index in [2.05, 4.69) is 48.7 Å². The van der Waals surface area contributed by atoms with Gasteiger partial charge in [0.2, 0.25) is 5.91 Å². The zero-order valence-electron chi connectivity index (χ0n) is 14.9. The fourth-order valence-electron chi connectivity index (χ4n) is 4.13. The Bertz CT molecular complexity index is 552. The summed E-state index contributed by atoms with van der Waals surface area (Å²) in [5.74, 6) is 0.947. The Morgan fingerprint density at radius 2 is 1.92 bits per heavy atom. The van der Waals surface area contributed by atoms with Crippen LogP contribution < -0.4 is 10.6 Å². The lowest BCUT2D eigenvalue weighted by atomic mass is 9.71. The second-order valence-corrected chi connectivity index (χ2v) is 7.86. The monoisotopic (exact) mass is 350 g/mol. The summed E-state index contributed by atoms with van der Waals surface area (Å²) in [4.78, 5) is 12.4. The number of piperidine rings is 1. The van der Waals surface area contributed by atoms with Crippen LogP contribution in [0, 0.1) is 5.92 Å². The fraction of sp³-hybridized carbons (Fsp3) is 0.650. The van der Waals surface area contributed by atoms with Crippen molar-refractivity contribution in [3.05, 3.63) is 35.4 Å². The molecule has 2 aliphatic rings. The normalized spacial score (nSPS) is 23.0. The zero-order valence-corrected chi connectivity index (χ0v) is 15.8. The molecule has 24 heavy (non-hydrogen) atoms. The van der Waals surface area contributed by atoms with Crippen molar-refractivity contribution in [3.63, 3.8) is 0 Å². The molecule has 1 aromatic rings. The van der Waals surface area contributed by atoms with E-state index in [0.717, 1.165) is 38.3 Å². The van der Waals surface area contributed by atoms with Crippen LogP contribution in [-0.2, 0) is 10.2 Å². The second kappa shape index (κ2) is 8.35. The van der Waals surface area contributed by atoms with Gasteiger partial charge in [-0.25, -0.2) is 0 Å². The molecule has 134 valence electrons. The first-order chi connectivity index (χ1) is 11.1. The average Bonchev–Trinajstić information content (AvgIpc) is 2.57. The van der Waals surface area contributed by atoms with Gasteiger partial charge in [0, 0.05) is 6.42 Å². The number of hydrogen-bond donors (Lipinski definition) is 2. The maximum Gasteiger partial charge on any atom is 0.220 e. The van der Waals surface area contributed by atoms with Gasteiger partial charge in [-0.05, 0) is 67.7 Å². The van der Waals surface area contributed by atoms with E-state index in [9.17, 15) is 4.79 Å². The summed E-state index contributed by atoms with van der Waals surface area (Å²) in [7, 11) is 0. The van der Waals surface area contributed by atoms with Crippen LogP contribution in [0.3, 0.4) is 0 Å². The van der Waals surface area contributed by atoms with Crippen LogP contribution in [0.15, 0.2) is 24.3 Å². The molecule has 1 fully saturated rings. The number of nitrogens with one attached hydrogen (secondary N) is 2. The molecule has 1 atom stereocenters. The summed E-state index contributed by atoms with van der Waals surface area (Å²) < 4.78 is 0. The number of benzene rings is 1. The highest BCUT2D eigenvalue weighted by Crippen LogP contribution is 2.41. The van der Waals surface area contributed by atoms with Crippen LogP contribution in [-0.4, -0.2) is 19.0 Å². The van der Waals surface area contributed by atoms with E-state index in [1.54, 1.807) is 0 Å². The van der Waals surface area contributed by atoms with Gasteiger partial charge in [-0.3, -0.25) is 4.79 Å². The second-order valence-electron chi connectivity index (χ2n) is 7.86. The van der Waals surface area contributed by atoms with Crippen molar-refractivity contribution in [2.24, 2.45) is 5.92 Å². The molecule has 1 amide bonds. The van der Waals surface area contributed by atoms with Crippen molar-refractivity contribution in [1.29, 1.82) is 0 Å². The third-order valence-electron chi connectivity index (χ3n) is 5.70. The largest absolute Gasteiger partial charge is 0.349 e. The molecule has 1 heterocycles. The van der Waals surface area contributed by atoms with Gasteiger partial charge in [-0.15, -0.1) is 12.4 Å². The molecular weight excluding hydrogens is 320 g/mol. The topological polar surface area (TPSA) is 41.1 Å². The molecule has 0 radical (unpaired) electrons. The zero-order chi connectivity index (χ0) is 16.3. The minimum absolute atomic E-state index is 0. The highest BCUT2D eigenvalue weighted by molar-refractivity contribution is 5.85. The summed E-state index contributed by atoms with van der Waals surface area (Å²) in [5.41, 5.74) is 2.93. The molecule has 1 saturated heterocycles. The predicted octanol–water partition coefficient (Wildman–Crippen LogP) is 4.12. The summed E-state index contributed by atoms with van der Waals surface area (Å²) in [6.07, 6.45) is 6.31. The third kappa shape index (κ3) is 4.52. The molecule has 0 spiro atoms. The van der Waals surface area contributed by atoms with Gasteiger partial charge < -0.3 is 10.6 Å². The third-order valence-corrected chi connectivity index (χ3v) is 5.70. The number of carbonyl (C=O) groups excluding carboxylic acids is 1. The Labute approximate surface area is 152 Å². The van der Waals surface area contributed by atoms with E-state index in [4.69, 9.17) is 0 Å². The maximum absolute atomic E-state index is 12.4. The molecule has 0 saturated carbocycles. The van der Waals surface area contributed by atoms with Crippen LogP contribution >= 0.6 is 12.4 Å². The standard InChI is InChI=1S/C20H30N2O.ClH/c1-20(2)12-9-18(16-5-3-4-6-17(16)20)22-19(23)8-7-15-10-13-21-14-11-15;/h3-6,15,18,21H,7-14H2,1-2H3,(H,22,23);1H. The molecular formula is C20H31ClN2O. The van der Waals surface area contributed by atoms with E-state index in [-0.39, 0.29) is 29.8 Å². The van der Waals surface area contributed by atoms with Crippen molar-refractivity contribution < 1.29 is 4.79 Å². The summed E-state index contributed by atoms with van der Waals surface area (Å²) in [5, 5.41) is 6.68. The molecule has 2 N–H and O–H groups in total. The summed E-state index contributed by atoms with van der Waals surface area (Å²) in [6, 6.07) is 8.81. The molecule has 3 rings (SSSR count). The Morgan fingerprint density at radius 1 is 1.21 bits per heavy atom. The van der Waals surface area contributed by atoms with Crippen molar-refractivity contribution in [2.45, 2.75) is 63.8 Å². The van der Waals surface area contributed by atoms with Crippen LogP contribution in [0.25, 0.3) is 0 Å². The number of rotatable bonds is 4. The Hall–Kier alpha value is -1.06. The van der Waals surface area contributed by atoms with Crippen molar-refractivity contribution in [3.8, 4) is 0 Å². The smallest absolute Gasteiger partial charge is 0.220 e. The van der Waals surface area contributed by atoms with Gasteiger partial charge >= 0.3 is 0 Å². The number of hydrogen-bond acceptors (Lipinski definition) is 2. The maximum atomic E-state index is 12.4.